The minimum Gasteiger partial charge on any atom is -0.279 e. The lowest BCUT2D eigenvalue weighted by Gasteiger charge is -2.20. The second kappa shape index (κ2) is 9.09. The van der Waals surface area contributed by atoms with Crippen LogP contribution in [-0.4, -0.2) is 29.5 Å². The molecule has 0 aliphatic heterocycles. The van der Waals surface area contributed by atoms with E-state index in [1.54, 1.807) is 43.3 Å². The minimum atomic E-state index is -3.41. The van der Waals surface area contributed by atoms with Crippen LogP contribution in [0.1, 0.15) is 29.8 Å². The van der Waals surface area contributed by atoms with Crippen LogP contribution >= 0.6 is 27.3 Å². The van der Waals surface area contributed by atoms with Crippen LogP contribution < -0.4 is 4.90 Å². The van der Waals surface area contributed by atoms with Crippen LogP contribution in [0.2, 0.25) is 0 Å². The maximum Gasteiger partial charge on any atom is 0.260 e. The summed E-state index contributed by atoms with van der Waals surface area (Å²) in [5, 5.41) is 0.0269. The highest BCUT2D eigenvalue weighted by Crippen LogP contribution is 2.32. The van der Waals surface area contributed by atoms with Crippen LogP contribution in [0.4, 0.5) is 5.13 Å². The van der Waals surface area contributed by atoms with Crippen molar-refractivity contribution in [3.63, 3.8) is 0 Å². The Bertz CT molecular complexity index is 1370. The van der Waals surface area contributed by atoms with Crippen LogP contribution in [0.25, 0.3) is 10.2 Å². The molecule has 32 heavy (non-hydrogen) atoms. The lowest BCUT2D eigenvalue weighted by Crippen LogP contribution is -2.30. The summed E-state index contributed by atoms with van der Waals surface area (Å²) in [5.74, 6) is -0.263. The molecule has 0 N–H and O–H groups in total. The monoisotopic (exact) mass is 529 g/mol. The highest BCUT2D eigenvalue weighted by molar-refractivity contribution is 9.10. The third-order valence-electron chi connectivity index (χ3n) is 4.93. The van der Waals surface area contributed by atoms with Crippen molar-refractivity contribution in [2.75, 3.05) is 4.90 Å². The normalized spacial score (nSPS) is 11.8. The van der Waals surface area contributed by atoms with Crippen molar-refractivity contribution in [1.82, 2.24) is 9.97 Å². The summed E-state index contributed by atoms with van der Waals surface area (Å²) >= 11 is 4.89. The number of thiazole rings is 1. The molecule has 0 radical (unpaired) electrons. The van der Waals surface area contributed by atoms with Gasteiger partial charge in [0.15, 0.2) is 15.0 Å². The fourth-order valence-electron chi connectivity index (χ4n) is 3.12. The number of carbonyl (C=O) groups is 1. The molecule has 0 aliphatic carbocycles. The third-order valence-corrected chi connectivity index (χ3v) is 8.63. The molecular formula is C23H20BrN3O3S2. The number of aromatic nitrogens is 2. The third kappa shape index (κ3) is 4.60. The number of hydrogen-bond donors (Lipinski definition) is 0. The Morgan fingerprint density at radius 1 is 1.12 bits per heavy atom. The van der Waals surface area contributed by atoms with Crippen molar-refractivity contribution in [3.05, 3.63) is 82.6 Å². The number of rotatable bonds is 6. The molecule has 2 aromatic carbocycles. The zero-order valence-corrected chi connectivity index (χ0v) is 20.6. The first kappa shape index (κ1) is 22.6. The molecule has 0 bridgehead atoms. The summed E-state index contributed by atoms with van der Waals surface area (Å²) in [6.07, 6.45) is 3.39. The fraction of sp³-hybridized carbons (Fsp3) is 0.174. The number of sulfone groups is 1. The van der Waals surface area contributed by atoms with Crippen molar-refractivity contribution in [3.8, 4) is 0 Å². The number of anilines is 1. The van der Waals surface area contributed by atoms with Gasteiger partial charge in [-0.2, -0.15) is 0 Å². The van der Waals surface area contributed by atoms with Crippen molar-refractivity contribution in [1.29, 1.82) is 0 Å². The number of halogens is 1. The average Bonchev–Trinajstić information content (AvgIpc) is 3.20. The summed E-state index contributed by atoms with van der Waals surface area (Å²) in [6.45, 7) is 3.56. The summed E-state index contributed by atoms with van der Waals surface area (Å²) in [4.78, 5) is 24.1. The van der Waals surface area contributed by atoms with E-state index in [1.165, 1.54) is 23.5 Å². The van der Waals surface area contributed by atoms with Gasteiger partial charge >= 0.3 is 0 Å². The molecule has 0 atom stereocenters. The van der Waals surface area contributed by atoms with Crippen molar-refractivity contribution < 1.29 is 13.2 Å². The van der Waals surface area contributed by atoms with Crippen LogP contribution in [0.5, 0.6) is 0 Å². The molecule has 2 aromatic heterocycles. The van der Waals surface area contributed by atoms with Gasteiger partial charge in [-0.3, -0.25) is 14.7 Å². The highest BCUT2D eigenvalue weighted by Gasteiger charge is 2.24. The number of fused-ring (bicyclic) bond motifs is 1. The summed E-state index contributed by atoms with van der Waals surface area (Å²) in [6, 6.07) is 15.6. The Balaban J connectivity index is 1.73. The number of benzene rings is 2. The number of carbonyl (C=O) groups excluding carboxylic acids is 1. The second-order valence-electron chi connectivity index (χ2n) is 7.48. The topological polar surface area (TPSA) is 80.2 Å². The smallest absolute Gasteiger partial charge is 0.260 e. The average molecular weight is 530 g/mol. The molecule has 9 heteroatoms. The minimum absolute atomic E-state index is 0.202. The summed E-state index contributed by atoms with van der Waals surface area (Å²) in [5.41, 5.74) is 2.05. The Labute approximate surface area is 199 Å². The van der Waals surface area contributed by atoms with E-state index in [2.05, 4.69) is 25.9 Å². The SMILES string of the molecule is CC(C)S(=O)(=O)c1ccc(C(=O)N(Cc2cccnc2)c2nc3ccc(Br)cc3s2)cc1. The first-order valence-corrected chi connectivity index (χ1v) is 13.0. The quantitative estimate of drug-likeness (QED) is 0.330. The molecule has 0 saturated carbocycles. The highest BCUT2D eigenvalue weighted by atomic mass is 79.9. The van der Waals surface area contributed by atoms with E-state index >= 15 is 0 Å². The molecule has 0 saturated heterocycles. The van der Waals surface area contributed by atoms with E-state index in [-0.39, 0.29) is 10.8 Å². The van der Waals surface area contributed by atoms with Gasteiger partial charge in [0.2, 0.25) is 0 Å². The van der Waals surface area contributed by atoms with Crippen LogP contribution in [0.15, 0.2) is 76.4 Å². The maximum absolute atomic E-state index is 13.5. The Hall–Kier alpha value is -2.62. The molecule has 0 unspecified atom stereocenters. The van der Waals surface area contributed by atoms with Gasteiger partial charge in [-0.1, -0.05) is 33.3 Å². The molecule has 1 amide bonds. The van der Waals surface area contributed by atoms with E-state index in [0.29, 0.717) is 17.2 Å². The molecular weight excluding hydrogens is 510 g/mol. The molecule has 4 aromatic rings. The van der Waals surface area contributed by atoms with Gasteiger partial charge in [0.25, 0.3) is 5.91 Å². The van der Waals surface area contributed by atoms with E-state index in [1.807, 2.05) is 30.3 Å². The van der Waals surface area contributed by atoms with Crippen molar-refractivity contribution in [2.45, 2.75) is 30.5 Å². The Morgan fingerprint density at radius 3 is 2.53 bits per heavy atom. The first-order valence-electron chi connectivity index (χ1n) is 9.86. The molecule has 0 spiro atoms. The lowest BCUT2D eigenvalue weighted by molar-refractivity contribution is 0.0985. The maximum atomic E-state index is 13.5. The van der Waals surface area contributed by atoms with E-state index < -0.39 is 15.1 Å². The summed E-state index contributed by atoms with van der Waals surface area (Å²) < 4.78 is 26.7. The molecule has 164 valence electrons. The van der Waals surface area contributed by atoms with Gasteiger partial charge in [0, 0.05) is 22.4 Å². The van der Waals surface area contributed by atoms with Crippen LogP contribution in [0, 0.1) is 0 Å². The Kier molecular flexibility index (Phi) is 6.41. The molecule has 6 nitrogen and oxygen atoms in total. The number of amides is 1. The molecule has 2 heterocycles. The zero-order chi connectivity index (χ0) is 22.9. The fourth-order valence-corrected chi connectivity index (χ4v) is 5.69. The van der Waals surface area contributed by atoms with E-state index in [4.69, 9.17) is 0 Å². The van der Waals surface area contributed by atoms with Gasteiger partial charge < -0.3 is 0 Å². The van der Waals surface area contributed by atoms with Gasteiger partial charge in [-0.15, -0.1) is 0 Å². The summed E-state index contributed by atoms with van der Waals surface area (Å²) in [7, 11) is -3.41. The van der Waals surface area contributed by atoms with E-state index in [9.17, 15) is 13.2 Å². The van der Waals surface area contributed by atoms with Crippen molar-refractivity contribution in [2.24, 2.45) is 0 Å². The predicted molar refractivity (Wildman–Crippen MR) is 131 cm³/mol. The molecule has 0 fully saturated rings. The zero-order valence-electron chi connectivity index (χ0n) is 17.4. The second-order valence-corrected chi connectivity index (χ2v) is 11.9. The van der Waals surface area contributed by atoms with Crippen LogP contribution in [0.3, 0.4) is 0 Å². The van der Waals surface area contributed by atoms with Gasteiger partial charge in [-0.05, 0) is 67.9 Å². The number of nitrogens with zero attached hydrogens (tertiary/aromatic N) is 3. The van der Waals surface area contributed by atoms with Crippen LogP contribution in [-0.2, 0) is 16.4 Å². The Morgan fingerprint density at radius 2 is 1.88 bits per heavy atom. The number of pyridine rings is 1. The van der Waals surface area contributed by atoms with Gasteiger partial charge in [0.05, 0.1) is 26.9 Å². The first-order chi connectivity index (χ1) is 15.3. The molecule has 4 rings (SSSR count). The predicted octanol–water partition coefficient (Wildman–Crippen LogP) is 5.48. The molecule has 0 aliphatic rings. The van der Waals surface area contributed by atoms with Gasteiger partial charge in [0.1, 0.15) is 0 Å². The van der Waals surface area contributed by atoms with Crippen molar-refractivity contribution >= 4 is 58.4 Å². The largest absolute Gasteiger partial charge is 0.279 e. The van der Waals surface area contributed by atoms with Gasteiger partial charge in [-0.25, -0.2) is 13.4 Å². The number of hydrogen-bond acceptors (Lipinski definition) is 6. The standard InChI is InChI=1S/C23H20BrN3O3S2/c1-15(2)32(29,30)19-8-5-17(6-9-19)22(28)27(14-16-4-3-11-25-13-16)23-26-20-10-7-18(24)12-21(20)31-23/h3-13,15H,14H2,1-2H3. The lowest BCUT2D eigenvalue weighted by atomic mass is 10.2. The van der Waals surface area contributed by atoms with E-state index in [0.717, 1.165) is 20.3 Å².